The molecule has 0 radical (unpaired) electrons. The lowest BCUT2D eigenvalue weighted by Crippen LogP contribution is -2.38. The lowest BCUT2D eigenvalue weighted by atomic mass is 10.1. The number of aromatic nitrogens is 3. The van der Waals surface area contributed by atoms with Crippen LogP contribution in [0.1, 0.15) is 18.4 Å². The van der Waals surface area contributed by atoms with E-state index in [1.807, 2.05) is 13.2 Å². The van der Waals surface area contributed by atoms with Gasteiger partial charge in [0, 0.05) is 37.1 Å². The molecule has 1 aromatic carbocycles. The predicted molar refractivity (Wildman–Crippen MR) is 122 cm³/mol. The summed E-state index contributed by atoms with van der Waals surface area (Å²) in [4.78, 5) is 10.4. The van der Waals surface area contributed by atoms with Gasteiger partial charge in [-0.2, -0.15) is 9.49 Å². The molecule has 1 saturated heterocycles. The van der Waals surface area contributed by atoms with Crippen molar-refractivity contribution in [1.29, 1.82) is 0 Å². The highest BCUT2D eigenvalue weighted by Crippen LogP contribution is 2.30. The molecule has 1 aliphatic rings. The van der Waals surface area contributed by atoms with Crippen molar-refractivity contribution in [2.75, 3.05) is 25.9 Å². The highest BCUT2D eigenvalue weighted by molar-refractivity contribution is 6.04. The number of aryl methyl sites for hydroxylation is 1. The molecule has 5 N–H and O–H groups in total. The normalized spacial score (nSPS) is 17.2. The van der Waals surface area contributed by atoms with Gasteiger partial charge in [-0.25, -0.2) is 20.2 Å². The smallest absolute Gasteiger partial charge is 0.202 e. The van der Waals surface area contributed by atoms with E-state index in [4.69, 9.17) is 16.3 Å². The molecule has 0 saturated carbocycles. The van der Waals surface area contributed by atoms with Crippen molar-refractivity contribution in [2.24, 2.45) is 17.9 Å². The molecule has 0 bridgehead atoms. The van der Waals surface area contributed by atoms with Gasteiger partial charge in [0.25, 0.3) is 0 Å². The molecule has 0 amide bonds. The van der Waals surface area contributed by atoms with Crippen molar-refractivity contribution < 1.29 is 13.5 Å². The Labute approximate surface area is 190 Å². The average Bonchev–Trinajstić information content (AvgIpc) is 3.23. The zero-order chi connectivity index (χ0) is 23.5. The van der Waals surface area contributed by atoms with Gasteiger partial charge in [0.2, 0.25) is 5.82 Å². The number of halogens is 2. The topological polar surface area (TPSA) is 120 Å². The maximum atomic E-state index is 14.9. The number of benzene rings is 1. The molecular formula is C22H26F2N8O. The Morgan fingerprint density at radius 2 is 2.03 bits per heavy atom. The van der Waals surface area contributed by atoms with Gasteiger partial charge >= 0.3 is 0 Å². The number of aliphatic imine (C=N–C) groups is 1. The predicted octanol–water partition coefficient (Wildman–Crippen LogP) is 2.36. The number of ether oxygens (including phenoxy) is 1. The highest BCUT2D eigenvalue weighted by Gasteiger charge is 2.22. The molecule has 33 heavy (non-hydrogen) atoms. The minimum Gasteiger partial charge on any atom is -0.486 e. The third kappa shape index (κ3) is 4.94. The van der Waals surface area contributed by atoms with Gasteiger partial charge in [-0.1, -0.05) is 0 Å². The second-order valence-electron chi connectivity index (χ2n) is 8.02. The summed E-state index contributed by atoms with van der Waals surface area (Å²) in [6.45, 7) is 1.61. The van der Waals surface area contributed by atoms with Crippen LogP contribution in [0.3, 0.4) is 0 Å². The summed E-state index contributed by atoms with van der Waals surface area (Å²) < 4.78 is 37.0. The largest absolute Gasteiger partial charge is 0.486 e. The van der Waals surface area contributed by atoms with Crippen LogP contribution in [0, 0.1) is 11.6 Å². The molecule has 11 heteroatoms. The van der Waals surface area contributed by atoms with Crippen LogP contribution in [0.25, 0.3) is 11.1 Å². The first-order valence-electron chi connectivity index (χ1n) is 10.5. The van der Waals surface area contributed by atoms with Gasteiger partial charge in [-0.3, -0.25) is 4.68 Å². The van der Waals surface area contributed by atoms with E-state index in [0.29, 0.717) is 17.7 Å². The van der Waals surface area contributed by atoms with Crippen LogP contribution < -0.4 is 21.7 Å². The SMILES string of the molecule is CN1CCCC(Oc2ccc(N=C(NN)c3cc(-c4cnn(C)c4)cnc3N)c(F)c2F)C1. The number of nitrogens with one attached hydrogen (secondary N) is 1. The minimum atomic E-state index is -1.14. The molecule has 2 aromatic heterocycles. The molecule has 4 rings (SSSR count). The quantitative estimate of drug-likeness (QED) is 0.233. The van der Waals surface area contributed by atoms with Crippen LogP contribution in [0.15, 0.2) is 41.8 Å². The van der Waals surface area contributed by atoms with Gasteiger partial charge in [0.1, 0.15) is 17.6 Å². The van der Waals surface area contributed by atoms with Crippen molar-refractivity contribution in [2.45, 2.75) is 18.9 Å². The van der Waals surface area contributed by atoms with E-state index in [1.54, 1.807) is 30.2 Å². The van der Waals surface area contributed by atoms with Crippen LogP contribution in [0.2, 0.25) is 0 Å². The molecule has 0 aliphatic carbocycles. The van der Waals surface area contributed by atoms with E-state index in [-0.39, 0.29) is 29.2 Å². The molecule has 1 unspecified atom stereocenters. The van der Waals surface area contributed by atoms with E-state index in [0.717, 1.165) is 24.9 Å². The van der Waals surface area contributed by atoms with E-state index in [1.165, 1.54) is 12.1 Å². The third-order valence-electron chi connectivity index (χ3n) is 5.48. The Kier molecular flexibility index (Phi) is 6.52. The molecule has 1 atom stereocenters. The molecule has 1 fully saturated rings. The number of pyridine rings is 1. The molecule has 9 nitrogen and oxygen atoms in total. The second kappa shape index (κ2) is 9.51. The van der Waals surface area contributed by atoms with Crippen LogP contribution >= 0.6 is 0 Å². The fourth-order valence-electron chi connectivity index (χ4n) is 3.78. The lowest BCUT2D eigenvalue weighted by Gasteiger charge is -2.30. The molecule has 1 aliphatic heterocycles. The van der Waals surface area contributed by atoms with Crippen LogP contribution in [-0.4, -0.2) is 51.7 Å². The number of hydrogen-bond acceptors (Lipinski definition) is 7. The monoisotopic (exact) mass is 456 g/mol. The molecule has 3 aromatic rings. The standard InChI is InChI=1S/C22H26F2N8O/c1-31-7-3-4-15(12-31)33-18-6-5-17(19(23)20(18)24)29-22(30-26)16-8-13(9-27-21(16)25)14-10-28-32(2)11-14/h5-6,8-11,15H,3-4,7,12,26H2,1-2H3,(H2,25,27)(H,29,30). The molecule has 0 spiro atoms. The van der Waals surface area contributed by atoms with Gasteiger partial charge in [-0.15, -0.1) is 0 Å². The average molecular weight is 457 g/mol. The van der Waals surface area contributed by atoms with E-state index < -0.39 is 11.6 Å². The number of likely N-dealkylation sites (tertiary alicyclic amines) is 1. The number of amidine groups is 1. The Bertz CT molecular complexity index is 1180. The van der Waals surface area contributed by atoms with Crippen molar-refractivity contribution >= 4 is 17.3 Å². The molecular weight excluding hydrogens is 430 g/mol. The summed E-state index contributed by atoms with van der Waals surface area (Å²) >= 11 is 0. The molecule has 174 valence electrons. The van der Waals surface area contributed by atoms with Crippen LogP contribution in [0.4, 0.5) is 20.3 Å². The van der Waals surface area contributed by atoms with Crippen molar-refractivity contribution in [3.8, 4) is 16.9 Å². The van der Waals surface area contributed by atoms with Gasteiger partial charge in [0.05, 0.1) is 11.8 Å². The fraction of sp³-hybridized carbons (Fsp3) is 0.318. The Morgan fingerprint density at radius 1 is 1.21 bits per heavy atom. The Morgan fingerprint density at radius 3 is 2.73 bits per heavy atom. The Hall–Kier alpha value is -3.57. The number of anilines is 1. The minimum absolute atomic E-state index is 0.0339. The maximum absolute atomic E-state index is 14.9. The zero-order valence-electron chi connectivity index (χ0n) is 18.4. The summed E-state index contributed by atoms with van der Waals surface area (Å²) in [7, 11) is 3.76. The number of likely N-dealkylation sites (N-methyl/N-ethyl adjacent to an activating group) is 1. The fourth-order valence-corrected chi connectivity index (χ4v) is 3.78. The highest BCUT2D eigenvalue weighted by atomic mass is 19.2. The lowest BCUT2D eigenvalue weighted by molar-refractivity contribution is 0.0996. The van der Waals surface area contributed by atoms with Gasteiger partial charge in [0.15, 0.2) is 17.4 Å². The summed E-state index contributed by atoms with van der Waals surface area (Å²) in [6, 6.07) is 4.41. The van der Waals surface area contributed by atoms with E-state index in [9.17, 15) is 8.78 Å². The van der Waals surface area contributed by atoms with Crippen molar-refractivity contribution in [3.63, 3.8) is 0 Å². The second-order valence-corrected chi connectivity index (χ2v) is 8.02. The van der Waals surface area contributed by atoms with Gasteiger partial charge in [-0.05, 0) is 44.6 Å². The number of hydrazine groups is 1. The van der Waals surface area contributed by atoms with Crippen LogP contribution in [0.5, 0.6) is 5.75 Å². The number of nitrogens with two attached hydrogens (primary N) is 2. The zero-order valence-corrected chi connectivity index (χ0v) is 18.4. The maximum Gasteiger partial charge on any atom is 0.202 e. The van der Waals surface area contributed by atoms with Crippen LogP contribution in [-0.2, 0) is 7.05 Å². The number of hydrogen-bond donors (Lipinski definition) is 3. The first-order chi connectivity index (χ1) is 15.9. The van der Waals surface area contributed by atoms with Crippen molar-refractivity contribution in [3.05, 3.63) is 54.0 Å². The van der Waals surface area contributed by atoms with Gasteiger partial charge < -0.3 is 20.8 Å². The number of nitrogen functional groups attached to an aromatic ring is 1. The molecule has 3 heterocycles. The third-order valence-corrected chi connectivity index (χ3v) is 5.48. The van der Waals surface area contributed by atoms with E-state index >= 15 is 0 Å². The van der Waals surface area contributed by atoms with Crippen molar-refractivity contribution in [1.82, 2.24) is 25.1 Å². The first kappa shape index (κ1) is 22.6. The summed E-state index contributed by atoms with van der Waals surface area (Å²) in [5.41, 5.74) is 10.0. The summed E-state index contributed by atoms with van der Waals surface area (Å²) in [5.74, 6) is 3.42. The number of rotatable bonds is 5. The summed E-state index contributed by atoms with van der Waals surface area (Å²) in [6.07, 6.45) is 6.58. The number of piperidine rings is 1. The van der Waals surface area contributed by atoms with E-state index in [2.05, 4.69) is 25.4 Å². The number of nitrogens with zero attached hydrogens (tertiary/aromatic N) is 5. The Balaban J connectivity index is 1.64. The first-order valence-corrected chi connectivity index (χ1v) is 10.5. The summed E-state index contributed by atoms with van der Waals surface area (Å²) in [5, 5.41) is 4.13.